The molecule has 1 fully saturated rings. The van der Waals surface area contributed by atoms with E-state index in [0.29, 0.717) is 6.92 Å². The normalized spacial score (nSPS) is 27.4. The zero-order valence-electron chi connectivity index (χ0n) is 12.4. The lowest BCUT2D eigenvalue weighted by Crippen LogP contribution is -2.42. The van der Waals surface area contributed by atoms with Crippen molar-refractivity contribution in [3.05, 3.63) is 28.8 Å². The van der Waals surface area contributed by atoms with E-state index in [2.05, 4.69) is 4.74 Å². The third-order valence-electron chi connectivity index (χ3n) is 3.81. The van der Waals surface area contributed by atoms with Gasteiger partial charge in [-0.2, -0.15) is 13.2 Å². The largest absolute Gasteiger partial charge is 0.573 e. The van der Waals surface area contributed by atoms with Crippen molar-refractivity contribution in [2.75, 3.05) is 0 Å². The summed E-state index contributed by atoms with van der Waals surface area (Å²) in [4.78, 5) is 11.3. The van der Waals surface area contributed by atoms with Gasteiger partial charge in [-0.1, -0.05) is 17.7 Å². The smallest absolute Gasteiger partial charge is 0.479 e. The Balaban J connectivity index is 2.37. The molecule has 0 aromatic heterocycles. The van der Waals surface area contributed by atoms with E-state index in [9.17, 15) is 31.1 Å². The van der Waals surface area contributed by atoms with Gasteiger partial charge in [-0.15, -0.1) is 13.2 Å². The summed E-state index contributed by atoms with van der Waals surface area (Å²) in [7, 11) is 0. The highest BCUT2D eigenvalue weighted by Crippen LogP contribution is 2.50. The van der Waals surface area contributed by atoms with Gasteiger partial charge in [0.15, 0.2) is 11.7 Å². The topological polar surface area (TPSA) is 55.8 Å². The first-order chi connectivity index (χ1) is 11.2. The second-order valence-electron chi connectivity index (χ2n) is 5.65. The Labute approximate surface area is 142 Å². The number of benzene rings is 1. The molecule has 2 rings (SSSR count). The predicted molar refractivity (Wildman–Crippen MR) is 72.5 cm³/mol. The molecule has 140 valence electrons. The second kappa shape index (κ2) is 6.24. The Morgan fingerprint density at radius 1 is 1.32 bits per heavy atom. The summed E-state index contributed by atoms with van der Waals surface area (Å²) >= 11 is 5.84. The van der Waals surface area contributed by atoms with E-state index in [1.807, 2.05) is 0 Å². The van der Waals surface area contributed by atoms with E-state index in [1.165, 1.54) is 0 Å². The van der Waals surface area contributed by atoms with Crippen molar-refractivity contribution >= 4 is 17.6 Å². The average Bonchev–Trinajstić information content (AvgIpc) is 2.76. The Hall–Kier alpha value is -1.68. The van der Waals surface area contributed by atoms with E-state index in [1.54, 1.807) is 0 Å². The van der Waals surface area contributed by atoms with E-state index in [4.69, 9.17) is 21.4 Å². The van der Waals surface area contributed by atoms with Crippen LogP contribution in [0.2, 0.25) is 5.02 Å². The lowest BCUT2D eigenvalue weighted by molar-refractivity contribution is -0.274. The SMILES string of the molecule is CC1(C(F)(F)F)CC(c2ccc(OC(F)(F)F)cc2Cl)[C@H](C(=O)O)O1. The summed E-state index contributed by atoms with van der Waals surface area (Å²) in [5.41, 5.74) is -2.79. The number of rotatable bonds is 3. The van der Waals surface area contributed by atoms with Crippen molar-refractivity contribution in [2.24, 2.45) is 0 Å². The number of halogens is 7. The fourth-order valence-corrected chi connectivity index (χ4v) is 2.93. The summed E-state index contributed by atoms with van der Waals surface area (Å²) in [6.45, 7) is 0.706. The molecule has 1 aliphatic heterocycles. The molecule has 25 heavy (non-hydrogen) atoms. The fourth-order valence-electron chi connectivity index (χ4n) is 2.62. The first-order valence-corrected chi connectivity index (χ1v) is 7.14. The van der Waals surface area contributed by atoms with Crippen LogP contribution in [0.3, 0.4) is 0 Å². The van der Waals surface area contributed by atoms with E-state index in [-0.39, 0.29) is 10.6 Å². The number of carboxylic acids is 1. The van der Waals surface area contributed by atoms with Gasteiger partial charge in [-0.25, -0.2) is 4.79 Å². The van der Waals surface area contributed by atoms with Crippen LogP contribution in [0.4, 0.5) is 26.3 Å². The summed E-state index contributed by atoms with van der Waals surface area (Å²) in [6, 6.07) is 2.60. The molecule has 1 saturated heterocycles. The molecular weight excluding hydrogens is 382 g/mol. The van der Waals surface area contributed by atoms with Crippen molar-refractivity contribution in [3.63, 3.8) is 0 Å². The van der Waals surface area contributed by atoms with Crippen LogP contribution in [0, 0.1) is 0 Å². The Morgan fingerprint density at radius 3 is 2.36 bits per heavy atom. The highest BCUT2D eigenvalue weighted by Gasteiger charge is 2.61. The van der Waals surface area contributed by atoms with Gasteiger partial charge in [0.25, 0.3) is 0 Å². The number of carboxylic acid groups (broad SMARTS) is 1. The molecule has 3 atom stereocenters. The highest BCUT2D eigenvalue weighted by atomic mass is 35.5. The predicted octanol–water partition coefficient (Wildman–Crippen LogP) is 4.52. The third kappa shape index (κ3) is 4.12. The number of hydrogen-bond acceptors (Lipinski definition) is 3. The molecule has 0 bridgehead atoms. The van der Waals surface area contributed by atoms with Crippen LogP contribution < -0.4 is 4.74 Å². The van der Waals surface area contributed by atoms with Gasteiger partial charge < -0.3 is 14.6 Å². The summed E-state index contributed by atoms with van der Waals surface area (Å²) in [5, 5.41) is 8.78. The lowest BCUT2D eigenvalue weighted by Gasteiger charge is -2.26. The van der Waals surface area contributed by atoms with Crippen LogP contribution in [-0.2, 0) is 9.53 Å². The van der Waals surface area contributed by atoms with Gasteiger partial charge in [0.2, 0.25) is 0 Å². The van der Waals surface area contributed by atoms with Crippen molar-refractivity contribution in [3.8, 4) is 5.75 Å². The maximum atomic E-state index is 13.1. The molecule has 2 unspecified atom stereocenters. The minimum Gasteiger partial charge on any atom is -0.479 e. The number of alkyl halides is 6. The van der Waals surface area contributed by atoms with Crippen LogP contribution >= 0.6 is 11.6 Å². The summed E-state index contributed by atoms with van der Waals surface area (Å²) in [5.74, 6) is -3.60. The van der Waals surface area contributed by atoms with Crippen LogP contribution in [0.5, 0.6) is 5.75 Å². The van der Waals surface area contributed by atoms with Crippen molar-refractivity contribution < 1.29 is 45.7 Å². The van der Waals surface area contributed by atoms with Crippen LogP contribution in [0.1, 0.15) is 24.8 Å². The number of carbonyl (C=O) groups is 1. The lowest BCUT2D eigenvalue weighted by atomic mass is 9.86. The molecule has 0 amide bonds. The molecule has 4 nitrogen and oxygen atoms in total. The minimum absolute atomic E-state index is 0.0726. The molecule has 1 aromatic rings. The molecular formula is C14H11ClF6O4. The van der Waals surface area contributed by atoms with Crippen molar-refractivity contribution in [2.45, 2.75) is 43.5 Å². The average molecular weight is 393 g/mol. The molecule has 0 aliphatic carbocycles. The first kappa shape index (κ1) is 19.6. The molecule has 1 heterocycles. The van der Waals surface area contributed by atoms with Crippen molar-refractivity contribution in [1.82, 2.24) is 0 Å². The summed E-state index contributed by atoms with van der Waals surface area (Å²) < 4.78 is 84.3. The monoisotopic (exact) mass is 392 g/mol. The van der Waals surface area contributed by atoms with Crippen molar-refractivity contribution in [1.29, 1.82) is 0 Å². The molecule has 0 radical (unpaired) electrons. The number of aliphatic carboxylic acids is 1. The standard InChI is InChI=1S/C14H11ClF6O4/c1-12(13(16,17)18)5-8(10(25-12)11(22)23)7-3-2-6(4-9(7)15)24-14(19,20)21/h2-4,8,10H,5H2,1H3,(H,22,23)/t8?,10-,12?/m1/s1. The molecule has 11 heteroatoms. The number of hydrogen-bond donors (Lipinski definition) is 1. The maximum Gasteiger partial charge on any atom is 0.573 e. The Morgan fingerprint density at radius 2 is 1.92 bits per heavy atom. The molecule has 0 spiro atoms. The van der Waals surface area contributed by atoms with Crippen LogP contribution in [0.15, 0.2) is 18.2 Å². The van der Waals surface area contributed by atoms with Gasteiger partial charge in [-0.05, 0) is 31.0 Å². The van der Waals surface area contributed by atoms with Gasteiger partial charge in [0, 0.05) is 10.9 Å². The van der Waals surface area contributed by atoms with Crippen LogP contribution in [0.25, 0.3) is 0 Å². The molecule has 1 aromatic carbocycles. The first-order valence-electron chi connectivity index (χ1n) is 6.76. The summed E-state index contributed by atoms with van der Waals surface area (Å²) in [6.07, 6.45) is -12.4. The quantitative estimate of drug-likeness (QED) is 0.769. The highest BCUT2D eigenvalue weighted by molar-refractivity contribution is 6.31. The van der Waals surface area contributed by atoms with E-state index < -0.39 is 48.3 Å². The molecule has 1 aliphatic rings. The van der Waals surface area contributed by atoms with Gasteiger partial charge in [-0.3, -0.25) is 0 Å². The second-order valence-corrected chi connectivity index (χ2v) is 6.05. The van der Waals surface area contributed by atoms with E-state index in [0.717, 1.165) is 18.2 Å². The Bertz CT molecular complexity index is 674. The molecule has 1 N–H and O–H groups in total. The Kier molecular flexibility index (Phi) is 4.90. The number of ether oxygens (including phenoxy) is 2. The molecule has 0 saturated carbocycles. The fraction of sp³-hybridized carbons (Fsp3) is 0.500. The van der Waals surface area contributed by atoms with E-state index >= 15 is 0 Å². The zero-order chi connectivity index (χ0) is 19.2. The third-order valence-corrected chi connectivity index (χ3v) is 4.14. The van der Waals surface area contributed by atoms with Gasteiger partial charge >= 0.3 is 18.5 Å². The zero-order valence-corrected chi connectivity index (χ0v) is 13.2. The van der Waals surface area contributed by atoms with Gasteiger partial charge in [0.1, 0.15) is 5.75 Å². The van der Waals surface area contributed by atoms with Gasteiger partial charge in [0.05, 0.1) is 0 Å². The maximum absolute atomic E-state index is 13.1. The van der Waals surface area contributed by atoms with Crippen LogP contribution in [-0.4, -0.2) is 35.3 Å². The minimum atomic E-state index is -4.97.